The molecule has 0 atom stereocenters. The lowest BCUT2D eigenvalue weighted by Crippen LogP contribution is -2.40. The summed E-state index contributed by atoms with van der Waals surface area (Å²) >= 11 is 0. The van der Waals surface area contributed by atoms with Crippen molar-refractivity contribution in [2.75, 3.05) is 13.2 Å². The number of rotatable bonds is 8. The van der Waals surface area contributed by atoms with Crippen molar-refractivity contribution in [1.82, 2.24) is 34.8 Å². The van der Waals surface area contributed by atoms with Gasteiger partial charge in [0.05, 0.1) is 11.8 Å². The fourth-order valence-electron chi connectivity index (χ4n) is 4.42. The number of nitrogens with zero attached hydrogens (tertiary/aromatic N) is 5. The minimum atomic E-state index is -0.509. The number of hydrogen-bond donors (Lipinski definition) is 2. The van der Waals surface area contributed by atoms with Gasteiger partial charge in [0, 0.05) is 25.4 Å². The summed E-state index contributed by atoms with van der Waals surface area (Å²) in [5.41, 5.74) is 1.91. The van der Waals surface area contributed by atoms with Crippen LogP contribution < -0.4 is 10.6 Å². The quantitative estimate of drug-likeness (QED) is 0.469. The molecule has 1 saturated carbocycles. The number of fused-ring (bicyclic) bond motifs is 3. The molecule has 1 aliphatic rings. The summed E-state index contributed by atoms with van der Waals surface area (Å²) in [5.74, 6) is 0.219. The average Bonchev–Trinajstić information content (AvgIpc) is 3.42. The minimum absolute atomic E-state index is 0.0723. The second kappa shape index (κ2) is 10.6. The van der Waals surface area contributed by atoms with Crippen LogP contribution in [0.15, 0.2) is 18.7 Å². The molecule has 1 aliphatic carbocycles. The Hall–Kier alpha value is -3.21. The number of ether oxygens (including phenoxy) is 2. The number of carbonyl (C=O) groups is 2. The molecule has 3 aromatic rings. The predicted molar refractivity (Wildman–Crippen MR) is 130 cm³/mol. The van der Waals surface area contributed by atoms with E-state index < -0.39 is 5.60 Å². The molecule has 2 N–H and O–H groups in total. The molecule has 3 aromatic heterocycles. The lowest BCUT2D eigenvalue weighted by molar-refractivity contribution is 0.0514. The molecule has 0 unspecified atom stereocenters. The summed E-state index contributed by atoms with van der Waals surface area (Å²) in [4.78, 5) is 29.8. The third-order valence-corrected chi connectivity index (χ3v) is 6.08. The number of nitrogens with one attached hydrogen (secondary N) is 2. The maximum absolute atomic E-state index is 13.3. The van der Waals surface area contributed by atoms with Gasteiger partial charge in [-0.05, 0) is 58.8 Å². The summed E-state index contributed by atoms with van der Waals surface area (Å²) in [6, 6.07) is 0.0723. The van der Waals surface area contributed by atoms with E-state index in [1.54, 1.807) is 23.1 Å². The number of hydrogen-bond acceptors (Lipinski definition) is 7. The summed E-state index contributed by atoms with van der Waals surface area (Å²) in [5, 5.41) is 14.1. The average molecular weight is 486 g/mol. The Bertz CT molecular complexity index is 1170. The van der Waals surface area contributed by atoms with Crippen LogP contribution in [0.5, 0.6) is 0 Å². The highest BCUT2D eigenvalue weighted by atomic mass is 16.6. The molecule has 1 fully saturated rings. The summed E-state index contributed by atoms with van der Waals surface area (Å²) in [6.45, 7) is 9.11. The zero-order chi connectivity index (χ0) is 25.0. The molecule has 0 bridgehead atoms. The van der Waals surface area contributed by atoms with Crippen LogP contribution in [0, 0.1) is 5.92 Å². The SMILES string of the molecule is CCCOCn1cc(C(=O)NC2CCC(CNC(=O)OC(C)(C)C)CC2)c2c1ncc1nncn12. The molecule has 11 heteroatoms. The van der Waals surface area contributed by atoms with Crippen LogP contribution in [0.25, 0.3) is 16.8 Å². The highest BCUT2D eigenvalue weighted by Gasteiger charge is 2.26. The molecule has 190 valence electrons. The highest BCUT2D eigenvalue weighted by Crippen LogP contribution is 2.26. The maximum atomic E-state index is 13.3. The molecular formula is C24H35N7O4. The lowest BCUT2D eigenvalue weighted by atomic mass is 9.86. The van der Waals surface area contributed by atoms with Crippen LogP contribution in [0.2, 0.25) is 0 Å². The van der Waals surface area contributed by atoms with Crippen LogP contribution in [-0.4, -0.2) is 60.9 Å². The number of aromatic nitrogens is 5. The number of alkyl carbamates (subject to hydrolysis) is 1. The van der Waals surface area contributed by atoms with Crippen molar-refractivity contribution in [3.63, 3.8) is 0 Å². The van der Waals surface area contributed by atoms with Crippen molar-refractivity contribution in [1.29, 1.82) is 0 Å². The minimum Gasteiger partial charge on any atom is -0.444 e. The Balaban J connectivity index is 1.39. The molecule has 4 rings (SSSR count). The van der Waals surface area contributed by atoms with E-state index in [2.05, 4.69) is 25.8 Å². The van der Waals surface area contributed by atoms with Crippen molar-refractivity contribution >= 4 is 28.8 Å². The number of amides is 2. The van der Waals surface area contributed by atoms with E-state index in [1.165, 1.54) is 0 Å². The molecular weight excluding hydrogens is 450 g/mol. The van der Waals surface area contributed by atoms with Gasteiger partial charge in [-0.1, -0.05) is 6.92 Å². The first-order valence-electron chi connectivity index (χ1n) is 12.3. The van der Waals surface area contributed by atoms with Crippen molar-refractivity contribution in [3.8, 4) is 0 Å². The third-order valence-electron chi connectivity index (χ3n) is 6.08. The van der Waals surface area contributed by atoms with Crippen molar-refractivity contribution in [3.05, 3.63) is 24.3 Å². The van der Waals surface area contributed by atoms with Gasteiger partial charge in [0.1, 0.15) is 24.2 Å². The van der Waals surface area contributed by atoms with Gasteiger partial charge in [0.15, 0.2) is 11.3 Å². The normalized spacial score (nSPS) is 18.6. The van der Waals surface area contributed by atoms with Gasteiger partial charge in [-0.2, -0.15) is 0 Å². The molecule has 0 radical (unpaired) electrons. The van der Waals surface area contributed by atoms with Gasteiger partial charge >= 0.3 is 6.09 Å². The van der Waals surface area contributed by atoms with Crippen LogP contribution >= 0.6 is 0 Å². The van der Waals surface area contributed by atoms with Gasteiger partial charge < -0.3 is 24.7 Å². The van der Waals surface area contributed by atoms with E-state index in [4.69, 9.17) is 9.47 Å². The maximum Gasteiger partial charge on any atom is 0.407 e. The molecule has 2 amide bonds. The standard InChI is InChI=1S/C24H35N7O4/c1-5-10-34-15-30-13-18(20-21(30)25-12-19-29-27-14-31(19)20)22(32)28-17-8-6-16(7-9-17)11-26-23(33)35-24(2,3)4/h12-14,16-17H,5-11,15H2,1-4H3,(H,26,33)(H,28,32). The van der Waals surface area contributed by atoms with Gasteiger partial charge in [0.2, 0.25) is 0 Å². The molecule has 11 nitrogen and oxygen atoms in total. The first-order valence-corrected chi connectivity index (χ1v) is 12.3. The first-order chi connectivity index (χ1) is 16.7. The van der Waals surface area contributed by atoms with E-state index in [1.807, 2.05) is 32.3 Å². The van der Waals surface area contributed by atoms with Gasteiger partial charge in [-0.15, -0.1) is 10.2 Å². The zero-order valence-corrected chi connectivity index (χ0v) is 20.9. The van der Waals surface area contributed by atoms with Crippen molar-refractivity contribution in [2.24, 2.45) is 5.92 Å². The molecule has 0 spiro atoms. The van der Waals surface area contributed by atoms with Gasteiger partial charge in [-0.25, -0.2) is 9.78 Å². The largest absolute Gasteiger partial charge is 0.444 e. The Labute approximate surface area is 204 Å². The van der Waals surface area contributed by atoms with Crippen molar-refractivity contribution < 1.29 is 19.1 Å². The van der Waals surface area contributed by atoms with Crippen LogP contribution in [-0.2, 0) is 16.2 Å². The summed E-state index contributed by atoms with van der Waals surface area (Å²) in [7, 11) is 0. The topological polar surface area (TPSA) is 125 Å². The third kappa shape index (κ3) is 6.08. The second-order valence-electron chi connectivity index (χ2n) is 10.1. The molecule has 0 aliphatic heterocycles. The van der Waals surface area contributed by atoms with Crippen LogP contribution in [0.4, 0.5) is 4.79 Å². The Morgan fingerprint density at radius 1 is 1.20 bits per heavy atom. The van der Waals surface area contributed by atoms with E-state index in [0.717, 1.165) is 32.1 Å². The second-order valence-corrected chi connectivity index (χ2v) is 10.1. The van der Waals surface area contributed by atoms with Gasteiger partial charge in [0.25, 0.3) is 5.91 Å². The van der Waals surface area contributed by atoms with E-state index >= 15 is 0 Å². The van der Waals surface area contributed by atoms with Crippen LogP contribution in [0.3, 0.4) is 0 Å². The molecule has 3 heterocycles. The summed E-state index contributed by atoms with van der Waals surface area (Å²) < 4.78 is 14.6. The van der Waals surface area contributed by atoms with E-state index in [9.17, 15) is 9.59 Å². The van der Waals surface area contributed by atoms with E-state index in [-0.39, 0.29) is 18.0 Å². The van der Waals surface area contributed by atoms with Crippen molar-refractivity contribution in [2.45, 2.75) is 78.2 Å². The van der Waals surface area contributed by atoms with Crippen LogP contribution in [0.1, 0.15) is 70.2 Å². The predicted octanol–water partition coefficient (Wildman–Crippen LogP) is 3.28. The molecule has 0 aromatic carbocycles. The lowest BCUT2D eigenvalue weighted by Gasteiger charge is -2.29. The molecule has 35 heavy (non-hydrogen) atoms. The summed E-state index contributed by atoms with van der Waals surface area (Å²) in [6.07, 6.45) is 9.09. The Morgan fingerprint density at radius 2 is 1.97 bits per heavy atom. The molecule has 0 saturated heterocycles. The fraction of sp³-hybridized carbons (Fsp3) is 0.625. The first kappa shape index (κ1) is 24.9. The zero-order valence-electron chi connectivity index (χ0n) is 20.9. The Kier molecular flexibility index (Phi) is 7.54. The van der Waals surface area contributed by atoms with Gasteiger partial charge in [-0.3, -0.25) is 9.20 Å². The Morgan fingerprint density at radius 3 is 2.69 bits per heavy atom. The van der Waals surface area contributed by atoms with E-state index in [0.29, 0.717) is 48.2 Å². The monoisotopic (exact) mass is 485 g/mol. The fourth-order valence-corrected chi connectivity index (χ4v) is 4.42. The smallest absolute Gasteiger partial charge is 0.407 e. The highest BCUT2D eigenvalue weighted by molar-refractivity contribution is 6.05. The number of carbonyl (C=O) groups excluding carboxylic acids is 2.